The van der Waals surface area contributed by atoms with Crippen LogP contribution in [0.15, 0.2) is 78.9 Å². The van der Waals surface area contributed by atoms with E-state index in [1.165, 1.54) is 0 Å². The molecule has 3 rings (SSSR count). The van der Waals surface area contributed by atoms with Crippen molar-refractivity contribution in [1.82, 2.24) is 0 Å². The lowest BCUT2D eigenvalue weighted by molar-refractivity contribution is -0.385. The fourth-order valence-electron chi connectivity index (χ4n) is 2.70. The highest BCUT2D eigenvalue weighted by Crippen LogP contribution is 2.52. The first-order chi connectivity index (χ1) is 15.8. The lowest BCUT2D eigenvalue weighted by atomic mass is 10.2. The van der Waals surface area contributed by atoms with Gasteiger partial charge in [-0.25, -0.2) is 9.36 Å². The minimum Gasteiger partial charge on any atom is -0.449 e. The molecule has 0 aliphatic carbocycles. The van der Waals surface area contributed by atoms with Crippen LogP contribution in [0.4, 0.5) is 10.5 Å². The average molecular weight is 473 g/mol. The summed E-state index contributed by atoms with van der Waals surface area (Å²) in [7, 11) is -4.18. The fraction of sp³-hybridized carbons (Fsp3) is 0.136. The second-order valence-electron chi connectivity index (χ2n) is 6.66. The minimum absolute atomic E-state index is 0.0153. The zero-order chi connectivity index (χ0) is 23.7. The molecule has 0 amide bonds. The number of carbonyl (C=O) groups is 1. The third kappa shape index (κ3) is 7.51. The number of rotatable bonds is 11. The Balaban J connectivity index is 1.79. The van der Waals surface area contributed by atoms with Crippen LogP contribution in [-0.2, 0) is 38.0 Å². The zero-order valence-corrected chi connectivity index (χ0v) is 18.1. The van der Waals surface area contributed by atoms with Crippen LogP contribution in [0, 0.1) is 10.1 Å². The number of nitro groups is 1. The second-order valence-corrected chi connectivity index (χ2v) is 8.32. The monoisotopic (exact) mass is 473 g/mol. The van der Waals surface area contributed by atoms with E-state index in [0.29, 0.717) is 0 Å². The molecule has 0 saturated carbocycles. The lowest BCUT2D eigenvalue weighted by Crippen LogP contribution is -2.07. The molecule has 1 N–H and O–H groups in total. The molecule has 0 unspecified atom stereocenters. The Hall–Kier alpha value is -3.56. The van der Waals surface area contributed by atoms with E-state index in [0.717, 1.165) is 29.3 Å². The summed E-state index contributed by atoms with van der Waals surface area (Å²) in [5.74, 6) is -0.203. The first-order valence-electron chi connectivity index (χ1n) is 9.64. The highest BCUT2D eigenvalue weighted by Gasteiger charge is 2.28. The molecule has 3 aromatic carbocycles. The summed E-state index contributed by atoms with van der Waals surface area (Å²) in [6, 6.07) is 21.1. The summed E-state index contributed by atoms with van der Waals surface area (Å²) in [4.78, 5) is 21.4. The van der Waals surface area contributed by atoms with E-state index in [2.05, 4.69) is 4.74 Å². The Morgan fingerprint density at radius 2 is 1.36 bits per heavy atom. The molecule has 10 nitrogen and oxygen atoms in total. The van der Waals surface area contributed by atoms with Crippen LogP contribution in [0.3, 0.4) is 0 Å². The van der Waals surface area contributed by atoms with Crippen molar-refractivity contribution in [2.24, 2.45) is 0 Å². The van der Waals surface area contributed by atoms with E-state index in [1.54, 1.807) is 48.5 Å². The van der Waals surface area contributed by atoms with Crippen LogP contribution in [0.25, 0.3) is 0 Å². The fourth-order valence-corrected chi connectivity index (χ4v) is 3.84. The predicted molar refractivity (Wildman–Crippen MR) is 117 cm³/mol. The van der Waals surface area contributed by atoms with E-state index in [4.69, 9.17) is 18.7 Å². The van der Waals surface area contributed by atoms with Gasteiger partial charge in [0.05, 0.1) is 24.7 Å². The van der Waals surface area contributed by atoms with Crippen molar-refractivity contribution in [3.05, 3.63) is 106 Å². The van der Waals surface area contributed by atoms with Crippen molar-refractivity contribution in [3.63, 3.8) is 0 Å². The highest BCUT2D eigenvalue weighted by atomic mass is 31.2. The first-order valence-corrected chi connectivity index (χ1v) is 11.1. The zero-order valence-electron chi connectivity index (χ0n) is 17.2. The normalized spacial score (nSPS) is 11.2. The Kier molecular flexibility index (Phi) is 8.28. The van der Waals surface area contributed by atoms with Gasteiger partial charge in [0, 0.05) is 17.7 Å². The number of non-ortho nitro benzene ring substituents is 1. The van der Waals surface area contributed by atoms with Gasteiger partial charge >= 0.3 is 14.0 Å². The summed E-state index contributed by atoms with van der Waals surface area (Å²) >= 11 is 0. The highest BCUT2D eigenvalue weighted by molar-refractivity contribution is 7.48. The Bertz CT molecular complexity index is 1090. The smallest absolute Gasteiger partial charge is 0.449 e. The quantitative estimate of drug-likeness (QED) is 0.122. The van der Waals surface area contributed by atoms with Crippen molar-refractivity contribution >= 4 is 19.7 Å². The largest absolute Gasteiger partial charge is 0.511 e. The van der Waals surface area contributed by atoms with Gasteiger partial charge in [0.1, 0.15) is 5.75 Å². The van der Waals surface area contributed by atoms with Gasteiger partial charge in [0.2, 0.25) is 0 Å². The van der Waals surface area contributed by atoms with E-state index in [1.807, 2.05) is 12.1 Å². The molecular weight excluding hydrogens is 453 g/mol. The molecule has 11 heteroatoms. The maximum Gasteiger partial charge on any atom is 0.511 e. The predicted octanol–water partition coefficient (Wildman–Crippen LogP) is 5.71. The maximum atomic E-state index is 13.3. The SMILES string of the molecule is O=C(O)Oc1ccc([N+](=O)[O-])cc1COP(=O)(OCc1ccccc1)OCc1ccccc1. The van der Waals surface area contributed by atoms with E-state index in [9.17, 15) is 19.5 Å². The molecule has 172 valence electrons. The van der Waals surface area contributed by atoms with Crippen LogP contribution >= 0.6 is 7.82 Å². The van der Waals surface area contributed by atoms with Gasteiger partial charge < -0.3 is 9.84 Å². The number of phosphoric ester groups is 1. The number of phosphoric acid groups is 1. The Morgan fingerprint density at radius 1 is 0.848 bits per heavy atom. The van der Waals surface area contributed by atoms with E-state index in [-0.39, 0.29) is 30.2 Å². The minimum atomic E-state index is -4.18. The van der Waals surface area contributed by atoms with Gasteiger partial charge in [-0.2, -0.15) is 0 Å². The third-order valence-corrected chi connectivity index (χ3v) is 5.63. The second kappa shape index (κ2) is 11.3. The number of carboxylic acid groups (broad SMARTS) is 1. The molecule has 33 heavy (non-hydrogen) atoms. The molecule has 0 fully saturated rings. The molecule has 0 atom stereocenters. The number of ether oxygens (including phenoxy) is 1. The van der Waals surface area contributed by atoms with Crippen molar-refractivity contribution < 1.29 is 37.7 Å². The lowest BCUT2D eigenvalue weighted by Gasteiger charge is -2.19. The van der Waals surface area contributed by atoms with Crippen molar-refractivity contribution in [2.75, 3.05) is 0 Å². The number of nitrogens with zero attached hydrogens (tertiary/aromatic N) is 1. The molecule has 0 saturated heterocycles. The van der Waals surface area contributed by atoms with Crippen LogP contribution in [0.1, 0.15) is 16.7 Å². The standard InChI is InChI=1S/C22H20NO9P/c24-22(25)32-21-12-11-20(23(26)27)13-19(21)16-31-33(28,29-14-17-7-3-1-4-8-17)30-15-18-9-5-2-6-10-18/h1-13H,14-16H2,(H,24,25). The summed E-state index contributed by atoms with van der Waals surface area (Å²) in [6.07, 6.45) is -1.62. The molecule has 0 radical (unpaired) electrons. The van der Waals surface area contributed by atoms with Crippen LogP contribution < -0.4 is 4.74 Å². The number of hydrogen-bond donors (Lipinski definition) is 1. The molecule has 0 aliphatic heterocycles. The number of benzene rings is 3. The number of hydrogen-bond acceptors (Lipinski definition) is 8. The van der Waals surface area contributed by atoms with E-state index >= 15 is 0 Å². The summed E-state index contributed by atoms with van der Waals surface area (Å²) < 4.78 is 34.4. The molecule has 0 heterocycles. The maximum absolute atomic E-state index is 13.3. The van der Waals surface area contributed by atoms with Crippen LogP contribution in [0.5, 0.6) is 5.75 Å². The average Bonchev–Trinajstić information content (AvgIpc) is 2.82. The van der Waals surface area contributed by atoms with E-state index < -0.39 is 25.5 Å². The van der Waals surface area contributed by atoms with Gasteiger partial charge in [-0.1, -0.05) is 60.7 Å². The topological polar surface area (TPSA) is 134 Å². The summed E-state index contributed by atoms with van der Waals surface area (Å²) in [5, 5.41) is 20.0. The summed E-state index contributed by atoms with van der Waals surface area (Å²) in [5.41, 5.74) is 1.10. The van der Waals surface area contributed by atoms with Crippen molar-refractivity contribution in [2.45, 2.75) is 19.8 Å². The summed E-state index contributed by atoms with van der Waals surface area (Å²) in [6.45, 7) is -0.689. The van der Waals surface area contributed by atoms with Crippen LogP contribution in [0.2, 0.25) is 0 Å². The first kappa shape index (κ1) is 24.1. The molecule has 3 aromatic rings. The molecule has 0 aromatic heterocycles. The van der Waals surface area contributed by atoms with Gasteiger partial charge in [0.15, 0.2) is 0 Å². The van der Waals surface area contributed by atoms with Crippen molar-refractivity contribution in [1.29, 1.82) is 0 Å². The van der Waals surface area contributed by atoms with Gasteiger partial charge in [-0.3, -0.25) is 23.7 Å². The molecular formula is C22H20NO9P. The van der Waals surface area contributed by atoms with Crippen LogP contribution in [-0.4, -0.2) is 16.2 Å². The molecule has 0 aliphatic rings. The molecule has 0 bridgehead atoms. The molecule has 0 spiro atoms. The third-order valence-electron chi connectivity index (χ3n) is 4.29. The van der Waals surface area contributed by atoms with Gasteiger partial charge in [-0.05, 0) is 17.2 Å². The van der Waals surface area contributed by atoms with Gasteiger partial charge in [-0.15, -0.1) is 0 Å². The Morgan fingerprint density at radius 3 is 1.85 bits per heavy atom. The van der Waals surface area contributed by atoms with Crippen molar-refractivity contribution in [3.8, 4) is 5.75 Å². The Labute approximate surface area is 189 Å². The number of nitro benzene ring substituents is 1. The van der Waals surface area contributed by atoms with Gasteiger partial charge in [0.25, 0.3) is 5.69 Å².